The van der Waals surface area contributed by atoms with Gasteiger partial charge in [-0.05, 0) is 79.5 Å². The van der Waals surface area contributed by atoms with Crippen LogP contribution >= 0.6 is 0 Å². The molecule has 5 atom stereocenters. The van der Waals surface area contributed by atoms with E-state index in [0.717, 1.165) is 57.8 Å². The van der Waals surface area contributed by atoms with Crippen molar-refractivity contribution in [2.24, 2.45) is 29.1 Å². The quantitative estimate of drug-likeness (QED) is 0.219. The number of ether oxygens (including phenoxy) is 1. The predicted molar refractivity (Wildman–Crippen MR) is 141 cm³/mol. The predicted octanol–water partition coefficient (Wildman–Crippen LogP) is 6.16. The van der Waals surface area contributed by atoms with Gasteiger partial charge in [0.15, 0.2) is 0 Å². The van der Waals surface area contributed by atoms with Gasteiger partial charge in [0.2, 0.25) is 0 Å². The summed E-state index contributed by atoms with van der Waals surface area (Å²) in [4.78, 5) is 12.7. The van der Waals surface area contributed by atoms with E-state index < -0.39 is 10.1 Å². The molecule has 2 aliphatic carbocycles. The number of Topliss-reactive ketones (excluding diaryl/α,β-unsaturated/α-hetero) is 1. The molecule has 0 saturated heterocycles. The molecule has 1 aromatic carbocycles. The zero-order chi connectivity index (χ0) is 26.2. The van der Waals surface area contributed by atoms with Gasteiger partial charge in [0.25, 0.3) is 10.1 Å². The van der Waals surface area contributed by atoms with Crippen LogP contribution in [0.1, 0.15) is 91.4 Å². The molecule has 0 aliphatic heterocycles. The van der Waals surface area contributed by atoms with E-state index in [2.05, 4.69) is 20.8 Å². The molecule has 204 valence electrons. The van der Waals surface area contributed by atoms with Crippen molar-refractivity contribution in [3.05, 3.63) is 24.3 Å². The summed E-state index contributed by atoms with van der Waals surface area (Å²) in [5.41, 5.74) is -0.0554. The molecule has 0 heterocycles. The van der Waals surface area contributed by atoms with Gasteiger partial charge in [0, 0.05) is 18.9 Å². The Balaban J connectivity index is 1.43. The largest absolute Gasteiger partial charge is 0.494 e. The molecule has 0 unspecified atom stereocenters. The lowest BCUT2D eigenvalue weighted by Crippen LogP contribution is -2.42. The van der Waals surface area contributed by atoms with Crippen LogP contribution in [-0.2, 0) is 19.1 Å². The lowest BCUT2D eigenvalue weighted by atomic mass is 9.60. The van der Waals surface area contributed by atoms with Gasteiger partial charge in [-0.25, -0.2) is 0 Å². The highest BCUT2D eigenvalue weighted by Crippen LogP contribution is 2.57. The monoisotopic (exact) mass is 522 g/mol. The van der Waals surface area contributed by atoms with Gasteiger partial charge in [-0.3, -0.25) is 8.98 Å². The topological polar surface area (TPSA) is 89.9 Å². The summed E-state index contributed by atoms with van der Waals surface area (Å²) in [6.07, 6.45) is 11.1. The van der Waals surface area contributed by atoms with Gasteiger partial charge in [-0.1, -0.05) is 52.9 Å². The molecule has 0 aromatic heterocycles. The van der Waals surface area contributed by atoms with Gasteiger partial charge in [0.05, 0.1) is 18.1 Å². The van der Waals surface area contributed by atoms with E-state index in [-0.39, 0.29) is 35.4 Å². The van der Waals surface area contributed by atoms with E-state index in [1.54, 1.807) is 24.3 Å². The van der Waals surface area contributed by atoms with Gasteiger partial charge in [-0.15, -0.1) is 0 Å². The van der Waals surface area contributed by atoms with Crippen molar-refractivity contribution >= 4 is 15.9 Å². The van der Waals surface area contributed by atoms with Crippen molar-refractivity contribution in [1.82, 2.24) is 0 Å². The van der Waals surface area contributed by atoms with Crippen LogP contribution in [0.3, 0.4) is 0 Å². The molecule has 7 heteroatoms. The Morgan fingerprint density at radius 2 is 1.67 bits per heavy atom. The Bertz CT molecular complexity index is 928. The molecule has 2 saturated carbocycles. The molecular formula is C29H46O6S. The fraction of sp³-hybridized carbons (Fsp3) is 0.759. The lowest BCUT2D eigenvalue weighted by molar-refractivity contribution is -0.132. The summed E-state index contributed by atoms with van der Waals surface area (Å²) in [5, 5.41) is 8.79. The Morgan fingerprint density at radius 1 is 1.03 bits per heavy atom. The Morgan fingerprint density at radius 3 is 2.33 bits per heavy atom. The molecule has 0 bridgehead atoms. The zero-order valence-electron chi connectivity index (χ0n) is 22.4. The SMILES string of the molecule is C[C@H]1CC(=O)[C@@H]2CC[C@H]([C@H](C)COS(=O)(=O)c3ccc(OCCCCCCCCCO)cc3)[C@@]2(C)C1. The van der Waals surface area contributed by atoms with Crippen LogP contribution < -0.4 is 4.74 Å². The number of aliphatic hydroxyl groups is 1. The summed E-state index contributed by atoms with van der Waals surface area (Å²) in [6.45, 7) is 7.46. The molecule has 1 N–H and O–H groups in total. The maximum atomic E-state index is 12.8. The van der Waals surface area contributed by atoms with Gasteiger partial charge in [0.1, 0.15) is 11.5 Å². The van der Waals surface area contributed by atoms with E-state index in [0.29, 0.717) is 36.4 Å². The van der Waals surface area contributed by atoms with Crippen molar-refractivity contribution in [3.8, 4) is 5.75 Å². The summed E-state index contributed by atoms with van der Waals surface area (Å²) in [7, 11) is -3.85. The van der Waals surface area contributed by atoms with Crippen molar-refractivity contribution < 1.29 is 27.2 Å². The van der Waals surface area contributed by atoms with Crippen LogP contribution in [-0.4, -0.2) is 39.1 Å². The number of carbonyl (C=O) groups excluding carboxylic acids is 1. The Hall–Kier alpha value is -1.44. The van der Waals surface area contributed by atoms with Crippen molar-refractivity contribution in [3.63, 3.8) is 0 Å². The minimum atomic E-state index is -3.85. The zero-order valence-corrected chi connectivity index (χ0v) is 23.2. The number of hydrogen-bond donors (Lipinski definition) is 1. The number of hydrogen-bond acceptors (Lipinski definition) is 6. The first kappa shape index (κ1) is 29.1. The molecule has 0 spiro atoms. The second kappa shape index (κ2) is 13.4. The highest BCUT2D eigenvalue weighted by molar-refractivity contribution is 7.86. The van der Waals surface area contributed by atoms with E-state index >= 15 is 0 Å². The maximum absolute atomic E-state index is 12.8. The summed E-state index contributed by atoms with van der Waals surface area (Å²) in [6, 6.07) is 6.47. The van der Waals surface area contributed by atoms with Crippen LogP contribution in [0, 0.1) is 29.1 Å². The van der Waals surface area contributed by atoms with E-state index in [9.17, 15) is 13.2 Å². The summed E-state index contributed by atoms with van der Waals surface area (Å²) >= 11 is 0. The smallest absolute Gasteiger partial charge is 0.296 e. The number of benzene rings is 1. The van der Waals surface area contributed by atoms with E-state index in [1.807, 2.05) is 0 Å². The first-order valence-electron chi connectivity index (χ1n) is 13.9. The first-order chi connectivity index (χ1) is 17.2. The number of aliphatic hydroxyl groups excluding tert-OH is 1. The average molecular weight is 523 g/mol. The van der Waals surface area contributed by atoms with Gasteiger partial charge in [-0.2, -0.15) is 8.42 Å². The number of ketones is 1. The van der Waals surface area contributed by atoms with E-state index in [1.165, 1.54) is 6.42 Å². The first-order valence-corrected chi connectivity index (χ1v) is 15.3. The highest BCUT2D eigenvalue weighted by atomic mass is 32.2. The van der Waals surface area contributed by atoms with Crippen molar-refractivity contribution in [1.29, 1.82) is 0 Å². The van der Waals surface area contributed by atoms with Crippen LogP contribution in [0.5, 0.6) is 5.75 Å². The summed E-state index contributed by atoms with van der Waals surface area (Å²) < 4.78 is 36.9. The molecule has 1 aromatic rings. The molecule has 2 fully saturated rings. The molecule has 0 amide bonds. The third-order valence-corrected chi connectivity index (χ3v) is 9.79. The average Bonchev–Trinajstić information content (AvgIpc) is 3.19. The van der Waals surface area contributed by atoms with Crippen molar-refractivity contribution in [2.45, 2.75) is 96.3 Å². The number of rotatable bonds is 15. The van der Waals surface area contributed by atoms with E-state index in [4.69, 9.17) is 14.0 Å². The Kier molecular flexibility index (Phi) is 10.8. The van der Waals surface area contributed by atoms with Crippen LogP contribution in [0.4, 0.5) is 0 Å². The highest BCUT2D eigenvalue weighted by Gasteiger charge is 2.54. The Labute approximate surface area is 218 Å². The molecular weight excluding hydrogens is 476 g/mol. The number of carbonyl (C=O) groups is 1. The molecule has 2 aliphatic rings. The van der Waals surface area contributed by atoms with Crippen LogP contribution in [0.15, 0.2) is 29.2 Å². The van der Waals surface area contributed by atoms with Gasteiger partial charge >= 0.3 is 0 Å². The second-order valence-electron chi connectivity index (χ2n) is 11.5. The fourth-order valence-electron chi connectivity index (χ4n) is 6.70. The minimum absolute atomic E-state index is 0.0554. The number of unbranched alkanes of at least 4 members (excludes halogenated alkanes) is 6. The standard InChI is InChI=1S/C29H46O6S/c1-22-19-28(31)27-16-15-26(29(27,3)20-22)23(2)21-35-36(32,33)25-13-11-24(12-14-25)34-18-10-8-6-4-5-7-9-17-30/h11-14,22-23,26-27,30H,4-10,15-21H2,1-3H3/t22-,23+,26+,27-,29+/m0/s1. The molecule has 6 nitrogen and oxygen atoms in total. The minimum Gasteiger partial charge on any atom is -0.494 e. The third-order valence-electron chi connectivity index (χ3n) is 8.49. The normalized spacial score (nSPS) is 27.1. The summed E-state index contributed by atoms with van der Waals surface area (Å²) in [5.74, 6) is 1.90. The van der Waals surface area contributed by atoms with Gasteiger partial charge < -0.3 is 9.84 Å². The molecule has 3 rings (SSSR count). The van der Waals surface area contributed by atoms with Crippen LogP contribution in [0.25, 0.3) is 0 Å². The second-order valence-corrected chi connectivity index (χ2v) is 13.1. The maximum Gasteiger partial charge on any atom is 0.296 e. The third kappa shape index (κ3) is 7.55. The molecule has 0 radical (unpaired) electrons. The van der Waals surface area contributed by atoms with Crippen LogP contribution in [0.2, 0.25) is 0 Å². The number of fused-ring (bicyclic) bond motifs is 1. The molecule has 36 heavy (non-hydrogen) atoms. The lowest BCUT2D eigenvalue weighted by Gasteiger charge is -2.44. The fourth-order valence-corrected chi connectivity index (χ4v) is 7.70. The van der Waals surface area contributed by atoms with Crippen molar-refractivity contribution in [2.75, 3.05) is 19.8 Å².